The molecule has 0 aromatic heterocycles. The number of ether oxygens (including phenoxy) is 2. The maximum absolute atomic E-state index is 12.2. The van der Waals surface area contributed by atoms with E-state index in [1.165, 1.54) is 7.11 Å². The number of alkyl halides is 5. The van der Waals surface area contributed by atoms with E-state index >= 15 is 0 Å². The lowest BCUT2D eigenvalue weighted by Gasteiger charge is -2.20. The Bertz CT molecular complexity index is 182. The van der Waals surface area contributed by atoms with E-state index in [-0.39, 0.29) is 6.61 Å². The Kier molecular flexibility index (Phi) is 5.39. The Hall–Kier alpha value is -0.470. The van der Waals surface area contributed by atoms with Gasteiger partial charge in [0.05, 0.1) is 13.2 Å². The Morgan fingerprint density at radius 1 is 1.13 bits per heavy atom. The van der Waals surface area contributed by atoms with Crippen LogP contribution in [-0.2, 0) is 9.47 Å². The molecule has 0 aromatic rings. The number of rotatable bonds is 6. The first-order chi connectivity index (χ1) is 6.70. The second-order valence-electron chi connectivity index (χ2n) is 2.83. The van der Waals surface area contributed by atoms with Crippen LogP contribution in [0.25, 0.3) is 0 Å². The van der Waals surface area contributed by atoms with Crippen molar-refractivity contribution in [3.63, 3.8) is 0 Å². The molecule has 0 saturated carbocycles. The minimum Gasteiger partial charge on any atom is -0.388 e. The van der Waals surface area contributed by atoms with Crippen LogP contribution in [-0.4, -0.2) is 50.2 Å². The van der Waals surface area contributed by atoms with E-state index in [2.05, 4.69) is 9.47 Å². The van der Waals surface area contributed by atoms with Crippen molar-refractivity contribution in [1.82, 2.24) is 0 Å². The van der Waals surface area contributed by atoms with E-state index in [1.54, 1.807) is 0 Å². The molecular weight excluding hydrogens is 227 g/mol. The first kappa shape index (κ1) is 14.5. The highest BCUT2D eigenvalue weighted by Gasteiger charge is 2.57. The first-order valence-electron chi connectivity index (χ1n) is 3.90. The lowest BCUT2D eigenvalue weighted by molar-refractivity contribution is -0.298. The van der Waals surface area contributed by atoms with Crippen LogP contribution in [0.2, 0.25) is 0 Å². The van der Waals surface area contributed by atoms with Gasteiger partial charge in [0.2, 0.25) is 0 Å². The minimum atomic E-state index is -5.64. The third kappa shape index (κ3) is 5.24. The molecule has 0 radical (unpaired) electrons. The average molecular weight is 238 g/mol. The molecule has 1 N–H and O–H groups in total. The van der Waals surface area contributed by atoms with Gasteiger partial charge in [0.1, 0.15) is 12.7 Å². The van der Waals surface area contributed by atoms with E-state index in [1.807, 2.05) is 0 Å². The largest absolute Gasteiger partial charge is 0.455 e. The van der Waals surface area contributed by atoms with Crippen molar-refractivity contribution in [3.05, 3.63) is 0 Å². The normalized spacial score (nSPS) is 15.4. The molecule has 1 atom stereocenters. The standard InChI is InChI=1S/C7H11F5O3/c1-14-2-5(13)3-15-4-6(8,9)7(10,11)12/h5,13H,2-4H2,1H3. The van der Waals surface area contributed by atoms with E-state index in [0.29, 0.717) is 0 Å². The van der Waals surface area contributed by atoms with Gasteiger partial charge in [-0.2, -0.15) is 22.0 Å². The van der Waals surface area contributed by atoms with Gasteiger partial charge in [-0.15, -0.1) is 0 Å². The number of aliphatic hydroxyl groups is 1. The van der Waals surface area contributed by atoms with E-state index in [9.17, 15) is 22.0 Å². The van der Waals surface area contributed by atoms with Crippen LogP contribution in [0.5, 0.6) is 0 Å². The van der Waals surface area contributed by atoms with Gasteiger partial charge in [-0.3, -0.25) is 0 Å². The molecule has 3 nitrogen and oxygen atoms in total. The molecule has 15 heavy (non-hydrogen) atoms. The molecule has 0 saturated heterocycles. The lowest BCUT2D eigenvalue weighted by Crippen LogP contribution is -2.41. The summed E-state index contributed by atoms with van der Waals surface area (Å²) in [4.78, 5) is 0. The molecule has 0 aliphatic carbocycles. The fraction of sp³-hybridized carbons (Fsp3) is 1.00. The summed E-state index contributed by atoms with van der Waals surface area (Å²) in [5.74, 6) is -4.90. The summed E-state index contributed by atoms with van der Waals surface area (Å²) in [5, 5.41) is 8.87. The second-order valence-corrected chi connectivity index (χ2v) is 2.83. The molecule has 92 valence electrons. The molecule has 0 rings (SSSR count). The molecule has 0 fully saturated rings. The van der Waals surface area contributed by atoms with Gasteiger partial charge in [-0.1, -0.05) is 0 Å². The molecule has 0 bridgehead atoms. The molecule has 0 heterocycles. The van der Waals surface area contributed by atoms with Crippen LogP contribution in [0.4, 0.5) is 22.0 Å². The number of methoxy groups -OCH3 is 1. The summed E-state index contributed by atoms with van der Waals surface area (Å²) in [7, 11) is 1.24. The quantitative estimate of drug-likeness (QED) is 0.707. The van der Waals surface area contributed by atoms with Crippen molar-refractivity contribution in [3.8, 4) is 0 Å². The zero-order valence-corrected chi connectivity index (χ0v) is 7.85. The van der Waals surface area contributed by atoms with Gasteiger partial charge >= 0.3 is 12.1 Å². The number of aliphatic hydroxyl groups excluding tert-OH is 1. The van der Waals surface area contributed by atoms with Crippen molar-refractivity contribution >= 4 is 0 Å². The van der Waals surface area contributed by atoms with Crippen LogP contribution in [0, 0.1) is 0 Å². The van der Waals surface area contributed by atoms with E-state index in [4.69, 9.17) is 5.11 Å². The van der Waals surface area contributed by atoms with E-state index in [0.717, 1.165) is 0 Å². The van der Waals surface area contributed by atoms with Gasteiger partial charge in [0, 0.05) is 7.11 Å². The zero-order chi connectivity index (χ0) is 12.1. The Labute approximate surface area is 82.8 Å². The van der Waals surface area contributed by atoms with Crippen molar-refractivity contribution in [2.45, 2.75) is 18.2 Å². The number of hydrogen-bond acceptors (Lipinski definition) is 3. The molecule has 0 amide bonds. The summed E-state index contributed by atoms with van der Waals surface area (Å²) in [6.45, 7) is -2.64. The maximum atomic E-state index is 12.2. The topological polar surface area (TPSA) is 38.7 Å². The molecule has 0 aliphatic heterocycles. The highest BCUT2D eigenvalue weighted by molar-refractivity contribution is 4.75. The number of hydrogen-bond donors (Lipinski definition) is 1. The van der Waals surface area contributed by atoms with Crippen molar-refractivity contribution in [2.24, 2.45) is 0 Å². The third-order valence-electron chi connectivity index (χ3n) is 1.37. The van der Waals surface area contributed by atoms with Crippen LogP contribution >= 0.6 is 0 Å². The van der Waals surface area contributed by atoms with Crippen LogP contribution in [0.1, 0.15) is 0 Å². The second kappa shape index (κ2) is 5.57. The molecule has 0 aliphatic rings. The fourth-order valence-electron chi connectivity index (χ4n) is 0.645. The van der Waals surface area contributed by atoms with Crippen molar-refractivity contribution in [1.29, 1.82) is 0 Å². The summed E-state index contributed by atoms with van der Waals surface area (Å²) < 4.78 is 67.6. The first-order valence-corrected chi connectivity index (χ1v) is 3.90. The Balaban J connectivity index is 3.85. The Morgan fingerprint density at radius 3 is 2.07 bits per heavy atom. The van der Waals surface area contributed by atoms with Gasteiger partial charge in [-0.05, 0) is 0 Å². The van der Waals surface area contributed by atoms with Crippen molar-refractivity contribution in [2.75, 3.05) is 26.9 Å². The van der Waals surface area contributed by atoms with E-state index < -0.39 is 31.4 Å². The van der Waals surface area contributed by atoms with Crippen LogP contribution < -0.4 is 0 Å². The molecule has 0 spiro atoms. The predicted octanol–water partition coefficient (Wildman–Crippen LogP) is 1.21. The maximum Gasteiger partial charge on any atom is 0.455 e. The SMILES string of the molecule is COCC(O)COCC(F)(F)C(F)(F)F. The minimum absolute atomic E-state index is 0.197. The average Bonchev–Trinajstić information content (AvgIpc) is 2.01. The van der Waals surface area contributed by atoms with Crippen molar-refractivity contribution < 1.29 is 36.5 Å². The monoisotopic (exact) mass is 238 g/mol. The van der Waals surface area contributed by atoms with Gasteiger partial charge in [-0.25, -0.2) is 0 Å². The smallest absolute Gasteiger partial charge is 0.388 e. The highest BCUT2D eigenvalue weighted by atomic mass is 19.4. The zero-order valence-electron chi connectivity index (χ0n) is 7.85. The summed E-state index contributed by atoms with van der Waals surface area (Å²) in [6, 6.07) is 0. The fourth-order valence-corrected chi connectivity index (χ4v) is 0.645. The highest BCUT2D eigenvalue weighted by Crippen LogP contribution is 2.35. The molecule has 8 heteroatoms. The van der Waals surface area contributed by atoms with Crippen LogP contribution in [0.3, 0.4) is 0 Å². The molecule has 0 aromatic carbocycles. The van der Waals surface area contributed by atoms with Gasteiger partial charge in [0.15, 0.2) is 0 Å². The summed E-state index contributed by atoms with van der Waals surface area (Å²) in [6.07, 6.45) is -6.86. The van der Waals surface area contributed by atoms with Gasteiger partial charge < -0.3 is 14.6 Å². The van der Waals surface area contributed by atoms with Gasteiger partial charge in [0.25, 0.3) is 0 Å². The predicted molar refractivity (Wildman–Crippen MR) is 39.7 cm³/mol. The summed E-state index contributed by atoms with van der Waals surface area (Å²) in [5.41, 5.74) is 0. The Morgan fingerprint density at radius 2 is 1.67 bits per heavy atom. The van der Waals surface area contributed by atoms with Crippen LogP contribution in [0.15, 0.2) is 0 Å². The number of halogens is 5. The summed E-state index contributed by atoms with van der Waals surface area (Å²) >= 11 is 0. The molecular formula is C7H11F5O3. The lowest BCUT2D eigenvalue weighted by atomic mass is 10.3. The third-order valence-corrected chi connectivity index (χ3v) is 1.37. The molecule has 1 unspecified atom stereocenters.